The van der Waals surface area contributed by atoms with Crippen LogP contribution in [0.25, 0.3) is 0 Å². The number of nitrogens with zero attached hydrogens (tertiary/aromatic N) is 1. The number of rotatable bonds is 8. The van der Waals surface area contributed by atoms with Crippen molar-refractivity contribution in [3.05, 3.63) is 53.6 Å². The van der Waals surface area contributed by atoms with Crippen LogP contribution in [0.2, 0.25) is 0 Å². The van der Waals surface area contributed by atoms with Gasteiger partial charge in [-0.2, -0.15) is 0 Å². The van der Waals surface area contributed by atoms with Gasteiger partial charge in [-0.15, -0.1) is 0 Å². The molecule has 0 aliphatic rings. The van der Waals surface area contributed by atoms with E-state index in [4.69, 9.17) is 30.5 Å². The van der Waals surface area contributed by atoms with Crippen LogP contribution in [0.5, 0.6) is 17.2 Å². The van der Waals surface area contributed by atoms with Crippen molar-refractivity contribution in [1.29, 1.82) is 0 Å². The van der Waals surface area contributed by atoms with Gasteiger partial charge in [0.25, 0.3) is 5.91 Å². The van der Waals surface area contributed by atoms with E-state index in [1.807, 2.05) is 0 Å². The second-order valence-corrected chi connectivity index (χ2v) is 5.17. The fourth-order valence-electron chi connectivity index (χ4n) is 2.12. The smallest absolute Gasteiger partial charge is 0.373 e. The van der Waals surface area contributed by atoms with Gasteiger partial charge in [0.1, 0.15) is 22.8 Å². The van der Waals surface area contributed by atoms with Crippen molar-refractivity contribution in [3.8, 4) is 17.2 Å². The van der Waals surface area contributed by atoms with Crippen LogP contribution in [0.3, 0.4) is 0 Å². The van der Waals surface area contributed by atoms with Crippen molar-refractivity contribution in [2.24, 2.45) is 16.6 Å². The molecular formula is C18H19N3O6. The molecule has 0 spiro atoms. The number of nitrogens with two attached hydrogens (primary N) is 2. The first-order chi connectivity index (χ1) is 13.0. The molecule has 9 heteroatoms. The third-order valence-electron chi connectivity index (χ3n) is 3.39. The average molecular weight is 373 g/mol. The third-order valence-corrected chi connectivity index (χ3v) is 3.39. The summed E-state index contributed by atoms with van der Waals surface area (Å²) in [5.74, 6) is -0.402. The monoisotopic (exact) mass is 373 g/mol. The molecule has 2 aromatic rings. The molecule has 0 aromatic heterocycles. The number of amides is 1. The number of hydrogen-bond donors (Lipinski definition) is 2. The first-order valence-corrected chi connectivity index (χ1v) is 7.73. The Labute approximate surface area is 155 Å². The predicted molar refractivity (Wildman–Crippen MR) is 96.8 cm³/mol. The number of hydrogen-bond acceptors (Lipinski definition) is 7. The predicted octanol–water partition coefficient (Wildman–Crippen LogP) is 1.05. The minimum Gasteiger partial charge on any atom is -0.496 e. The van der Waals surface area contributed by atoms with E-state index in [1.165, 1.54) is 14.2 Å². The Morgan fingerprint density at radius 3 is 2.07 bits per heavy atom. The van der Waals surface area contributed by atoms with Gasteiger partial charge >= 0.3 is 5.97 Å². The van der Waals surface area contributed by atoms with E-state index >= 15 is 0 Å². The molecule has 0 saturated heterocycles. The highest BCUT2D eigenvalue weighted by Gasteiger charge is 2.20. The maximum atomic E-state index is 12.3. The standard InChI is InChI=1S/C18H19N3O6/c1-24-13-4-3-5-14(25-2)16(13)18(23)27-21-17(20)11-6-8-12(9-7-11)26-10-15(19)22/h3-9H,10H2,1-2H3,(H2,19,22)(H2,20,21). The number of carbonyl (C=O) groups is 2. The molecule has 0 bridgehead atoms. The molecule has 0 saturated carbocycles. The number of amidine groups is 1. The number of benzene rings is 2. The zero-order valence-corrected chi connectivity index (χ0v) is 14.8. The Bertz CT molecular complexity index is 826. The number of carbonyl (C=O) groups excluding carboxylic acids is 2. The molecule has 0 radical (unpaired) electrons. The number of ether oxygens (including phenoxy) is 3. The van der Waals surface area contributed by atoms with Crippen LogP contribution in [0.4, 0.5) is 0 Å². The first-order valence-electron chi connectivity index (χ1n) is 7.73. The summed E-state index contributed by atoms with van der Waals surface area (Å²) in [5.41, 5.74) is 11.4. The Morgan fingerprint density at radius 1 is 0.963 bits per heavy atom. The van der Waals surface area contributed by atoms with Gasteiger partial charge in [0.05, 0.1) is 14.2 Å². The summed E-state index contributed by atoms with van der Waals surface area (Å²) in [6, 6.07) is 11.2. The summed E-state index contributed by atoms with van der Waals surface area (Å²) in [7, 11) is 2.84. The molecule has 9 nitrogen and oxygen atoms in total. The highest BCUT2D eigenvalue weighted by atomic mass is 16.7. The van der Waals surface area contributed by atoms with Gasteiger partial charge in [-0.3, -0.25) is 4.79 Å². The molecule has 2 rings (SSSR count). The molecule has 27 heavy (non-hydrogen) atoms. The summed E-state index contributed by atoms with van der Waals surface area (Å²) >= 11 is 0. The number of primary amides is 1. The summed E-state index contributed by atoms with van der Waals surface area (Å²) in [6.07, 6.45) is 0. The molecule has 0 atom stereocenters. The van der Waals surface area contributed by atoms with Crippen molar-refractivity contribution < 1.29 is 28.6 Å². The van der Waals surface area contributed by atoms with Gasteiger partial charge in [0, 0.05) is 5.56 Å². The molecule has 0 fully saturated rings. The lowest BCUT2D eigenvalue weighted by Gasteiger charge is -2.10. The summed E-state index contributed by atoms with van der Waals surface area (Å²) in [5, 5.41) is 3.64. The van der Waals surface area contributed by atoms with Crippen LogP contribution in [-0.2, 0) is 9.63 Å². The van der Waals surface area contributed by atoms with E-state index in [-0.39, 0.29) is 29.5 Å². The van der Waals surface area contributed by atoms with E-state index in [1.54, 1.807) is 42.5 Å². The van der Waals surface area contributed by atoms with Crippen LogP contribution in [0, 0.1) is 0 Å². The topological polar surface area (TPSA) is 135 Å². The average Bonchev–Trinajstić information content (AvgIpc) is 2.69. The molecule has 2 aromatic carbocycles. The maximum Gasteiger partial charge on any atom is 0.373 e. The van der Waals surface area contributed by atoms with Crippen molar-refractivity contribution in [1.82, 2.24) is 0 Å². The van der Waals surface area contributed by atoms with E-state index < -0.39 is 11.9 Å². The lowest BCUT2D eigenvalue weighted by atomic mass is 10.2. The van der Waals surface area contributed by atoms with Crippen LogP contribution in [0.15, 0.2) is 47.6 Å². The Kier molecular flexibility index (Phi) is 6.59. The molecule has 0 aliphatic carbocycles. The molecule has 1 amide bonds. The van der Waals surface area contributed by atoms with Gasteiger partial charge in [-0.25, -0.2) is 4.79 Å². The van der Waals surface area contributed by atoms with Crippen molar-refractivity contribution in [2.75, 3.05) is 20.8 Å². The van der Waals surface area contributed by atoms with Crippen LogP contribution >= 0.6 is 0 Å². The van der Waals surface area contributed by atoms with E-state index in [9.17, 15) is 9.59 Å². The second kappa shape index (κ2) is 9.09. The normalized spacial score (nSPS) is 10.8. The molecule has 0 aliphatic heterocycles. The largest absolute Gasteiger partial charge is 0.496 e. The molecule has 4 N–H and O–H groups in total. The minimum atomic E-state index is -0.784. The zero-order chi connectivity index (χ0) is 19.8. The van der Waals surface area contributed by atoms with E-state index in [0.29, 0.717) is 11.3 Å². The van der Waals surface area contributed by atoms with E-state index in [2.05, 4.69) is 5.16 Å². The molecule has 142 valence electrons. The van der Waals surface area contributed by atoms with Crippen LogP contribution in [-0.4, -0.2) is 38.5 Å². The Balaban J connectivity index is 2.11. The van der Waals surface area contributed by atoms with Gasteiger partial charge in [-0.1, -0.05) is 11.2 Å². The fraction of sp³-hybridized carbons (Fsp3) is 0.167. The quantitative estimate of drug-likeness (QED) is 0.305. The van der Waals surface area contributed by atoms with Gasteiger partial charge in [0.2, 0.25) is 0 Å². The molecular weight excluding hydrogens is 354 g/mol. The summed E-state index contributed by atoms with van der Waals surface area (Å²) < 4.78 is 15.4. The first kappa shape index (κ1) is 19.6. The van der Waals surface area contributed by atoms with E-state index in [0.717, 1.165) is 0 Å². The van der Waals surface area contributed by atoms with Crippen LogP contribution in [0.1, 0.15) is 15.9 Å². The SMILES string of the molecule is COc1cccc(OC)c1C(=O)O/N=C(\N)c1ccc(OCC(N)=O)cc1. The van der Waals surface area contributed by atoms with Gasteiger partial charge in [0.15, 0.2) is 12.4 Å². The van der Waals surface area contributed by atoms with Gasteiger partial charge < -0.3 is 30.5 Å². The lowest BCUT2D eigenvalue weighted by Crippen LogP contribution is -2.20. The summed E-state index contributed by atoms with van der Waals surface area (Å²) in [4.78, 5) is 27.9. The summed E-state index contributed by atoms with van der Waals surface area (Å²) in [6.45, 7) is -0.235. The van der Waals surface area contributed by atoms with Gasteiger partial charge in [-0.05, 0) is 36.4 Å². The van der Waals surface area contributed by atoms with Crippen molar-refractivity contribution in [2.45, 2.75) is 0 Å². The second-order valence-electron chi connectivity index (χ2n) is 5.17. The highest BCUT2D eigenvalue weighted by molar-refractivity contribution is 5.99. The minimum absolute atomic E-state index is 0.0290. The fourth-order valence-corrected chi connectivity index (χ4v) is 2.12. The van der Waals surface area contributed by atoms with Crippen LogP contribution < -0.4 is 25.7 Å². The lowest BCUT2D eigenvalue weighted by molar-refractivity contribution is -0.119. The Morgan fingerprint density at radius 2 is 1.56 bits per heavy atom. The molecule has 0 heterocycles. The zero-order valence-electron chi connectivity index (χ0n) is 14.8. The number of oxime groups is 1. The molecule has 0 unspecified atom stereocenters. The maximum absolute atomic E-state index is 12.3. The number of methoxy groups -OCH3 is 2. The van der Waals surface area contributed by atoms with Crippen molar-refractivity contribution in [3.63, 3.8) is 0 Å². The Hall–Kier alpha value is -3.75. The third kappa shape index (κ3) is 5.11. The highest BCUT2D eigenvalue weighted by Crippen LogP contribution is 2.29. The van der Waals surface area contributed by atoms with Crippen molar-refractivity contribution >= 4 is 17.7 Å².